The minimum atomic E-state index is -0.692. The lowest BCUT2D eigenvalue weighted by Gasteiger charge is -2.11. The Labute approximate surface area is 123 Å². The highest BCUT2D eigenvalue weighted by Gasteiger charge is 2.13. The van der Waals surface area contributed by atoms with Gasteiger partial charge in [0, 0.05) is 0 Å². The third kappa shape index (κ3) is 3.79. The Bertz CT molecular complexity index is 618. The Balaban J connectivity index is 2.14. The zero-order chi connectivity index (χ0) is 15.4. The topological polar surface area (TPSA) is 35.2 Å². The van der Waals surface area contributed by atoms with Crippen LogP contribution >= 0.6 is 0 Å². The second-order valence-corrected chi connectivity index (χ2v) is 5.13. The van der Waals surface area contributed by atoms with Crippen molar-refractivity contribution in [2.24, 2.45) is 5.73 Å². The first-order chi connectivity index (χ1) is 10.0. The summed E-state index contributed by atoms with van der Waals surface area (Å²) in [5.74, 6) is -1.72. The van der Waals surface area contributed by atoms with Crippen LogP contribution in [-0.2, 0) is 13.0 Å². The summed E-state index contributed by atoms with van der Waals surface area (Å²) in [5, 5.41) is 0. The summed E-state index contributed by atoms with van der Waals surface area (Å²) in [4.78, 5) is 0. The van der Waals surface area contributed by atoms with Gasteiger partial charge >= 0.3 is 0 Å². The molecule has 0 aromatic heterocycles. The van der Waals surface area contributed by atoms with Crippen molar-refractivity contribution >= 4 is 0 Å². The summed E-state index contributed by atoms with van der Waals surface area (Å²) < 4.78 is 33.0. The van der Waals surface area contributed by atoms with Gasteiger partial charge in [-0.15, -0.1) is 0 Å². The fraction of sp³-hybridized carbons (Fsp3) is 0.294. The Kier molecular flexibility index (Phi) is 4.91. The molecular weight excluding hydrogens is 272 g/mol. The second-order valence-electron chi connectivity index (χ2n) is 5.13. The van der Waals surface area contributed by atoms with Gasteiger partial charge in [0.05, 0.1) is 0 Å². The molecule has 0 fully saturated rings. The van der Waals surface area contributed by atoms with E-state index in [9.17, 15) is 8.78 Å². The van der Waals surface area contributed by atoms with Crippen LogP contribution in [0.5, 0.6) is 5.75 Å². The van der Waals surface area contributed by atoms with Crippen molar-refractivity contribution in [1.82, 2.24) is 0 Å². The summed E-state index contributed by atoms with van der Waals surface area (Å²) in [6.45, 7) is 4.48. The summed E-state index contributed by atoms with van der Waals surface area (Å²) in [5.41, 5.74) is 9.08. The average Bonchev–Trinajstić information content (AvgIpc) is 2.42. The molecule has 0 aliphatic carbocycles. The lowest BCUT2D eigenvalue weighted by molar-refractivity contribution is 0.273. The van der Waals surface area contributed by atoms with Crippen molar-refractivity contribution < 1.29 is 13.5 Å². The Hall–Kier alpha value is -1.94. The average molecular weight is 291 g/mol. The van der Waals surface area contributed by atoms with Crippen molar-refractivity contribution in [2.45, 2.75) is 26.9 Å². The van der Waals surface area contributed by atoms with E-state index in [1.807, 2.05) is 32.0 Å². The normalized spacial score (nSPS) is 10.7. The highest BCUT2D eigenvalue weighted by atomic mass is 19.1. The lowest BCUT2D eigenvalue weighted by Crippen LogP contribution is -2.05. The molecule has 0 heterocycles. The smallest absolute Gasteiger partial charge is 0.191 e. The van der Waals surface area contributed by atoms with Crippen LogP contribution < -0.4 is 10.5 Å². The molecule has 0 unspecified atom stereocenters. The Morgan fingerprint density at radius 3 is 2.19 bits per heavy atom. The molecule has 0 spiro atoms. The van der Waals surface area contributed by atoms with Crippen molar-refractivity contribution in [2.75, 3.05) is 6.54 Å². The zero-order valence-electron chi connectivity index (χ0n) is 12.2. The molecule has 2 rings (SSSR count). The SMILES string of the molecule is Cc1ccc(COc2c(F)cc(CCN)cc2F)cc1C. The maximum absolute atomic E-state index is 13.9. The highest BCUT2D eigenvalue weighted by Crippen LogP contribution is 2.24. The number of nitrogens with two attached hydrogens (primary N) is 1. The van der Waals surface area contributed by atoms with Crippen molar-refractivity contribution in [3.63, 3.8) is 0 Å². The molecular formula is C17H19F2NO. The third-order valence-electron chi connectivity index (χ3n) is 3.45. The van der Waals surface area contributed by atoms with Crippen LogP contribution in [-0.4, -0.2) is 6.54 Å². The predicted molar refractivity (Wildman–Crippen MR) is 79.4 cm³/mol. The van der Waals surface area contributed by atoms with Gasteiger partial charge in [0.25, 0.3) is 0 Å². The van der Waals surface area contributed by atoms with E-state index in [0.29, 0.717) is 18.5 Å². The van der Waals surface area contributed by atoms with Gasteiger partial charge in [-0.1, -0.05) is 18.2 Å². The van der Waals surface area contributed by atoms with E-state index in [1.54, 1.807) is 0 Å². The molecule has 0 saturated carbocycles. The van der Waals surface area contributed by atoms with Crippen molar-refractivity contribution in [3.05, 3.63) is 64.2 Å². The minimum absolute atomic E-state index is 0.130. The summed E-state index contributed by atoms with van der Waals surface area (Å²) in [6.07, 6.45) is 0.436. The molecule has 0 aliphatic rings. The number of benzene rings is 2. The standard InChI is InChI=1S/C17H19F2NO/c1-11-3-4-14(7-12(11)2)10-21-17-15(18)8-13(5-6-20)9-16(17)19/h3-4,7-9H,5-6,10,20H2,1-2H3. The second kappa shape index (κ2) is 6.68. The Morgan fingerprint density at radius 1 is 0.952 bits per heavy atom. The molecule has 112 valence electrons. The molecule has 21 heavy (non-hydrogen) atoms. The molecule has 2 nitrogen and oxygen atoms in total. The molecule has 2 aromatic rings. The molecule has 4 heteroatoms. The molecule has 0 atom stereocenters. The summed E-state index contributed by atoms with van der Waals surface area (Å²) in [6, 6.07) is 8.34. The van der Waals surface area contributed by atoms with E-state index >= 15 is 0 Å². The van der Waals surface area contributed by atoms with Crippen LogP contribution in [0.4, 0.5) is 8.78 Å². The first kappa shape index (κ1) is 15.4. The van der Waals surface area contributed by atoms with Gasteiger partial charge in [-0.25, -0.2) is 8.78 Å². The van der Waals surface area contributed by atoms with E-state index in [1.165, 1.54) is 17.7 Å². The summed E-state index contributed by atoms with van der Waals surface area (Å²) in [7, 11) is 0. The van der Waals surface area contributed by atoms with Crippen molar-refractivity contribution in [3.8, 4) is 5.75 Å². The number of ether oxygens (including phenoxy) is 1. The molecule has 0 aliphatic heterocycles. The third-order valence-corrected chi connectivity index (χ3v) is 3.45. The van der Waals surface area contributed by atoms with Crippen LogP contribution in [0.15, 0.2) is 30.3 Å². The van der Waals surface area contributed by atoms with Gasteiger partial charge in [0.2, 0.25) is 0 Å². The fourth-order valence-electron chi connectivity index (χ4n) is 2.11. The first-order valence-electron chi connectivity index (χ1n) is 6.88. The lowest BCUT2D eigenvalue weighted by atomic mass is 10.1. The van der Waals surface area contributed by atoms with E-state index in [2.05, 4.69) is 0 Å². The van der Waals surface area contributed by atoms with Crippen LogP contribution in [0.3, 0.4) is 0 Å². The number of hydrogen-bond acceptors (Lipinski definition) is 2. The summed E-state index contributed by atoms with van der Waals surface area (Å²) >= 11 is 0. The van der Waals surface area contributed by atoms with E-state index in [4.69, 9.17) is 10.5 Å². The Morgan fingerprint density at radius 2 is 1.62 bits per heavy atom. The number of hydrogen-bond donors (Lipinski definition) is 1. The van der Waals surface area contributed by atoms with Crippen LogP contribution in [0, 0.1) is 25.5 Å². The number of aryl methyl sites for hydroxylation is 2. The van der Waals surface area contributed by atoms with E-state index in [-0.39, 0.29) is 12.4 Å². The van der Waals surface area contributed by atoms with Gasteiger partial charge in [0.15, 0.2) is 17.4 Å². The van der Waals surface area contributed by atoms with Gasteiger partial charge in [-0.3, -0.25) is 0 Å². The zero-order valence-corrected chi connectivity index (χ0v) is 12.2. The quantitative estimate of drug-likeness (QED) is 0.912. The number of halogens is 2. The van der Waals surface area contributed by atoms with Gasteiger partial charge in [-0.2, -0.15) is 0 Å². The fourth-order valence-corrected chi connectivity index (χ4v) is 2.11. The van der Waals surface area contributed by atoms with Gasteiger partial charge < -0.3 is 10.5 Å². The predicted octanol–water partition coefficient (Wildman–Crippen LogP) is 3.66. The molecule has 0 radical (unpaired) electrons. The van der Waals surface area contributed by atoms with E-state index in [0.717, 1.165) is 11.1 Å². The highest BCUT2D eigenvalue weighted by molar-refractivity contribution is 5.33. The van der Waals surface area contributed by atoms with Crippen molar-refractivity contribution in [1.29, 1.82) is 0 Å². The molecule has 2 aromatic carbocycles. The maximum atomic E-state index is 13.9. The molecule has 2 N–H and O–H groups in total. The number of rotatable bonds is 5. The van der Waals surface area contributed by atoms with Crippen LogP contribution in [0.1, 0.15) is 22.3 Å². The van der Waals surface area contributed by atoms with Gasteiger partial charge in [-0.05, 0) is 61.2 Å². The molecule has 0 amide bonds. The molecule has 0 saturated heterocycles. The van der Waals surface area contributed by atoms with Crippen LogP contribution in [0.2, 0.25) is 0 Å². The maximum Gasteiger partial charge on any atom is 0.191 e. The van der Waals surface area contributed by atoms with E-state index < -0.39 is 11.6 Å². The van der Waals surface area contributed by atoms with Gasteiger partial charge in [0.1, 0.15) is 6.61 Å². The van der Waals surface area contributed by atoms with Crippen LogP contribution in [0.25, 0.3) is 0 Å². The monoisotopic (exact) mass is 291 g/mol. The first-order valence-corrected chi connectivity index (χ1v) is 6.88. The minimum Gasteiger partial charge on any atom is -0.483 e. The largest absolute Gasteiger partial charge is 0.483 e. The molecule has 0 bridgehead atoms.